The molecule has 3 aromatic rings. The first kappa shape index (κ1) is 16.1. The highest BCUT2D eigenvalue weighted by atomic mass is 19.1. The Hall–Kier alpha value is -2.76. The van der Waals surface area contributed by atoms with Crippen molar-refractivity contribution in [3.63, 3.8) is 0 Å². The molecule has 24 heavy (non-hydrogen) atoms. The van der Waals surface area contributed by atoms with Gasteiger partial charge < -0.3 is 9.84 Å². The van der Waals surface area contributed by atoms with E-state index in [-0.39, 0.29) is 11.7 Å². The van der Waals surface area contributed by atoms with Gasteiger partial charge in [0, 0.05) is 24.4 Å². The van der Waals surface area contributed by atoms with Crippen molar-refractivity contribution in [2.45, 2.75) is 33.2 Å². The molecule has 3 rings (SSSR count). The molecule has 124 valence electrons. The third-order valence-electron chi connectivity index (χ3n) is 3.65. The topological polar surface area (TPSA) is 63.8 Å². The van der Waals surface area contributed by atoms with E-state index in [9.17, 15) is 4.39 Å². The zero-order valence-electron chi connectivity index (χ0n) is 13.9. The fraction of sp³-hybridized carbons (Fsp3) is 0.278. The van der Waals surface area contributed by atoms with E-state index in [2.05, 4.69) is 34.3 Å². The maximum atomic E-state index is 13.7. The Labute approximate surface area is 139 Å². The molecular weight excluding hydrogens is 307 g/mol. The minimum Gasteiger partial charge on any atom is -0.356 e. The van der Waals surface area contributed by atoms with E-state index >= 15 is 0 Å². The van der Waals surface area contributed by atoms with Crippen LogP contribution in [0.2, 0.25) is 0 Å². The molecule has 2 aromatic heterocycles. The van der Waals surface area contributed by atoms with Crippen LogP contribution >= 0.6 is 0 Å². The fourth-order valence-corrected chi connectivity index (χ4v) is 2.42. The molecule has 0 bridgehead atoms. The molecule has 0 amide bonds. The zero-order valence-corrected chi connectivity index (χ0v) is 13.9. The molecule has 0 spiro atoms. The first-order chi connectivity index (χ1) is 11.5. The number of halogens is 1. The Morgan fingerprint density at radius 3 is 2.71 bits per heavy atom. The van der Waals surface area contributed by atoms with Crippen molar-refractivity contribution in [2.24, 2.45) is 0 Å². The van der Waals surface area contributed by atoms with Crippen molar-refractivity contribution >= 4 is 5.95 Å². The quantitative estimate of drug-likeness (QED) is 0.756. The number of hydrogen-bond acceptors (Lipinski definition) is 5. The zero-order chi connectivity index (χ0) is 17.1. The fourth-order valence-electron chi connectivity index (χ4n) is 2.42. The molecule has 0 fully saturated rings. The average molecular weight is 326 g/mol. The Morgan fingerprint density at radius 1 is 1.25 bits per heavy atom. The van der Waals surface area contributed by atoms with E-state index in [1.165, 1.54) is 6.07 Å². The van der Waals surface area contributed by atoms with Crippen LogP contribution in [0.5, 0.6) is 0 Å². The number of aryl methyl sites for hydroxylation is 1. The summed E-state index contributed by atoms with van der Waals surface area (Å²) in [5.41, 5.74) is 3.06. The number of aromatic nitrogens is 3. The lowest BCUT2D eigenvalue weighted by atomic mass is 10.0. The van der Waals surface area contributed by atoms with Crippen molar-refractivity contribution in [3.8, 4) is 11.3 Å². The number of nitrogens with zero attached hydrogens (tertiary/aromatic N) is 3. The summed E-state index contributed by atoms with van der Waals surface area (Å²) < 4.78 is 19.0. The molecule has 0 aliphatic heterocycles. The van der Waals surface area contributed by atoms with Crippen molar-refractivity contribution in [3.05, 3.63) is 59.3 Å². The maximum absolute atomic E-state index is 13.7. The first-order valence-electron chi connectivity index (χ1n) is 7.82. The van der Waals surface area contributed by atoms with Gasteiger partial charge in [-0.05, 0) is 18.9 Å². The van der Waals surface area contributed by atoms with E-state index in [1.807, 2.05) is 13.0 Å². The second-order valence-corrected chi connectivity index (χ2v) is 5.92. The van der Waals surface area contributed by atoms with Gasteiger partial charge in [-0.25, -0.2) is 14.4 Å². The summed E-state index contributed by atoms with van der Waals surface area (Å²) in [6.45, 7) is 6.30. The smallest absolute Gasteiger partial charge is 0.223 e. The van der Waals surface area contributed by atoms with Crippen LogP contribution in [0.25, 0.3) is 11.3 Å². The standard InChI is InChI=1S/C18H19FN4O/c1-11(2)17-14(16-8-12(3)23-24-16)10-21-18(22-17)20-9-13-6-4-5-7-15(13)19/h4-8,10-11H,9H2,1-3H3,(H,20,21,22). The van der Waals surface area contributed by atoms with Gasteiger partial charge in [0.05, 0.1) is 17.0 Å². The van der Waals surface area contributed by atoms with Gasteiger partial charge >= 0.3 is 0 Å². The van der Waals surface area contributed by atoms with Gasteiger partial charge in [-0.3, -0.25) is 0 Å². The molecule has 2 heterocycles. The SMILES string of the molecule is Cc1cc(-c2cnc(NCc3ccccc3F)nc2C(C)C)on1. The van der Waals surface area contributed by atoms with Crippen molar-refractivity contribution < 1.29 is 8.91 Å². The monoisotopic (exact) mass is 326 g/mol. The van der Waals surface area contributed by atoms with Gasteiger partial charge in [0.2, 0.25) is 5.95 Å². The molecule has 0 aliphatic carbocycles. The molecule has 0 radical (unpaired) electrons. The van der Waals surface area contributed by atoms with Crippen molar-refractivity contribution in [1.29, 1.82) is 0 Å². The predicted octanol–water partition coefficient (Wildman–Crippen LogP) is 4.31. The highest BCUT2D eigenvalue weighted by molar-refractivity contribution is 5.61. The lowest BCUT2D eigenvalue weighted by Gasteiger charge is -2.12. The second-order valence-electron chi connectivity index (χ2n) is 5.92. The van der Waals surface area contributed by atoms with Crippen LogP contribution < -0.4 is 5.32 Å². The molecule has 0 atom stereocenters. The van der Waals surface area contributed by atoms with E-state index in [0.717, 1.165) is 17.0 Å². The third kappa shape index (κ3) is 3.42. The van der Waals surface area contributed by atoms with Gasteiger partial charge in [0.15, 0.2) is 5.76 Å². The van der Waals surface area contributed by atoms with Gasteiger partial charge in [-0.1, -0.05) is 37.2 Å². The normalized spacial score (nSPS) is 11.0. The van der Waals surface area contributed by atoms with E-state index in [4.69, 9.17) is 4.52 Å². The second kappa shape index (κ2) is 6.78. The summed E-state index contributed by atoms with van der Waals surface area (Å²) in [6, 6.07) is 8.50. The lowest BCUT2D eigenvalue weighted by Crippen LogP contribution is -2.08. The van der Waals surface area contributed by atoms with Gasteiger partial charge in [-0.2, -0.15) is 0 Å². The highest BCUT2D eigenvalue weighted by Crippen LogP contribution is 2.28. The van der Waals surface area contributed by atoms with E-state index < -0.39 is 0 Å². The molecule has 6 heteroatoms. The molecule has 0 saturated heterocycles. The maximum Gasteiger partial charge on any atom is 0.223 e. The predicted molar refractivity (Wildman–Crippen MR) is 90.1 cm³/mol. The summed E-state index contributed by atoms with van der Waals surface area (Å²) in [6.07, 6.45) is 1.71. The summed E-state index contributed by atoms with van der Waals surface area (Å²) in [4.78, 5) is 8.89. The lowest BCUT2D eigenvalue weighted by molar-refractivity contribution is 0.426. The number of hydrogen-bond donors (Lipinski definition) is 1. The van der Waals surface area contributed by atoms with Gasteiger partial charge in [0.25, 0.3) is 0 Å². The number of anilines is 1. The first-order valence-corrected chi connectivity index (χ1v) is 7.82. The van der Waals surface area contributed by atoms with Gasteiger partial charge in [0.1, 0.15) is 5.82 Å². The summed E-state index contributed by atoms with van der Waals surface area (Å²) >= 11 is 0. The number of benzene rings is 1. The minimum absolute atomic E-state index is 0.183. The highest BCUT2D eigenvalue weighted by Gasteiger charge is 2.16. The Balaban J connectivity index is 1.85. The van der Waals surface area contributed by atoms with E-state index in [1.54, 1.807) is 24.4 Å². The van der Waals surface area contributed by atoms with Crippen LogP contribution in [0.4, 0.5) is 10.3 Å². The molecule has 5 nitrogen and oxygen atoms in total. The molecule has 0 saturated carbocycles. The van der Waals surface area contributed by atoms with E-state index in [0.29, 0.717) is 23.8 Å². The molecule has 1 N–H and O–H groups in total. The summed E-state index contributed by atoms with van der Waals surface area (Å²) in [5.74, 6) is 1.05. The summed E-state index contributed by atoms with van der Waals surface area (Å²) in [7, 11) is 0. The summed E-state index contributed by atoms with van der Waals surface area (Å²) in [5, 5.41) is 6.99. The molecular formula is C18H19FN4O. The van der Waals surface area contributed by atoms with Crippen molar-refractivity contribution in [1.82, 2.24) is 15.1 Å². The molecule has 0 aliphatic rings. The Kier molecular flexibility index (Phi) is 4.55. The van der Waals surface area contributed by atoms with Crippen LogP contribution in [0, 0.1) is 12.7 Å². The van der Waals surface area contributed by atoms with Crippen LogP contribution in [-0.2, 0) is 6.54 Å². The minimum atomic E-state index is -0.247. The third-order valence-corrected chi connectivity index (χ3v) is 3.65. The molecule has 0 unspecified atom stereocenters. The Morgan fingerprint density at radius 2 is 2.04 bits per heavy atom. The van der Waals surface area contributed by atoms with Crippen LogP contribution in [-0.4, -0.2) is 15.1 Å². The molecule has 1 aromatic carbocycles. The largest absolute Gasteiger partial charge is 0.356 e. The van der Waals surface area contributed by atoms with Crippen LogP contribution in [0.1, 0.15) is 36.7 Å². The van der Waals surface area contributed by atoms with Gasteiger partial charge in [-0.15, -0.1) is 0 Å². The number of nitrogens with one attached hydrogen (secondary N) is 1. The Bertz CT molecular complexity index is 845. The van der Waals surface area contributed by atoms with Crippen molar-refractivity contribution in [2.75, 3.05) is 5.32 Å². The van der Waals surface area contributed by atoms with Crippen LogP contribution in [0.3, 0.4) is 0 Å². The number of rotatable bonds is 5. The average Bonchev–Trinajstić information content (AvgIpc) is 3.00. The van der Waals surface area contributed by atoms with Crippen LogP contribution in [0.15, 0.2) is 41.1 Å².